The van der Waals surface area contributed by atoms with Crippen LogP contribution in [0.2, 0.25) is 0 Å². The molecule has 28 heavy (non-hydrogen) atoms. The van der Waals surface area contributed by atoms with E-state index < -0.39 is 12.6 Å². The summed E-state index contributed by atoms with van der Waals surface area (Å²) < 4.78 is 46.7. The summed E-state index contributed by atoms with van der Waals surface area (Å²) in [6.45, 7) is 1.30. The molecule has 4 rings (SSSR count). The Kier molecular flexibility index (Phi) is 5.40. The largest absolute Gasteiger partial charge is 0.393 e. The first-order valence-electron chi connectivity index (χ1n) is 9.69. The third-order valence-electron chi connectivity index (χ3n) is 4.97. The molecule has 1 aromatic heterocycles. The van der Waals surface area contributed by atoms with Crippen LogP contribution < -0.4 is 0 Å². The lowest BCUT2D eigenvalue weighted by Gasteiger charge is -2.21. The molecular formula is C21H22F3N3O. The van der Waals surface area contributed by atoms with Crippen molar-refractivity contribution in [3.63, 3.8) is 0 Å². The topological polar surface area (TPSA) is 39.9 Å². The Morgan fingerprint density at radius 3 is 2.75 bits per heavy atom. The molecule has 0 N–H and O–H groups in total. The molecule has 1 aliphatic carbocycles. The van der Waals surface area contributed by atoms with E-state index in [2.05, 4.69) is 22.2 Å². The maximum absolute atomic E-state index is 13.1. The smallest absolute Gasteiger partial charge is 0.376 e. The number of benzene rings is 1. The summed E-state index contributed by atoms with van der Waals surface area (Å²) in [7, 11) is 0. The minimum atomic E-state index is -4.30. The average molecular weight is 389 g/mol. The zero-order valence-electron chi connectivity index (χ0n) is 15.5. The van der Waals surface area contributed by atoms with Crippen molar-refractivity contribution in [1.29, 1.82) is 0 Å². The van der Waals surface area contributed by atoms with Crippen molar-refractivity contribution < 1.29 is 17.9 Å². The Morgan fingerprint density at radius 1 is 1.18 bits per heavy atom. The molecule has 1 aromatic carbocycles. The first-order chi connectivity index (χ1) is 13.5. The Labute approximate surface area is 162 Å². The molecule has 0 amide bonds. The van der Waals surface area contributed by atoms with Crippen LogP contribution >= 0.6 is 0 Å². The van der Waals surface area contributed by atoms with Gasteiger partial charge in [0.05, 0.1) is 25.3 Å². The Morgan fingerprint density at radius 2 is 2.04 bits per heavy atom. The van der Waals surface area contributed by atoms with Gasteiger partial charge in [-0.1, -0.05) is 23.1 Å². The maximum atomic E-state index is 13.1. The normalized spacial score (nSPS) is 19.9. The van der Waals surface area contributed by atoms with Gasteiger partial charge in [-0.2, -0.15) is 13.2 Å². The number of halogens is 3. The predicted molar refractivity (Wildman–Crippen MR) is 98.4 cm³/mol. The van der Waals surface area contributed by atoms with Crippen molar-refractivity contribution in [2.75, 3.05) is 6.61 Å². The van der Waals surface area contributed by atoms with Gasteiger partial charge in [-0.15, -0.1) is 5.10 Å². The number of aromatic nitrogens is 3. The van der Waals surface area contributed by atoms with E-state index in [4.69, 9.17) is 4.74 Å². The lowest BCUT2D eigenvalue weighted by molar-refractivity contribution is -0.127. The first-order valence-corrected chi connectivity index (χ1v) is 9.69. The zero-order chi connectivity index (χ0) is 19.6. The van der Waals surface area contributed by atoms with Crippen LogP contribution in [0.4, 0.5) is 13.2 Å². The van der Waals surface area contributed by atoms with E-state index in [0.717, 1.165) is 38.7 Å². The second-order valence-corrected chi connectivity index (χ2v) is 7.52. The molecule has 1 saturated heterocycles. The molecule has 7 heteroatoms. The highest BCUT2D eigenvalue weighted by molar-refractivity contribution is 5.64. The monoisotopic (exact) mass is 389 g/mol. The van der Waals surface area contributed by atoms with Crippen molar-refractivity contribution in [2.45, 2.75) is 57.3 Å². The lowest BCUT2D eigenvalue weighted by atomic mass is 9.99. The van der Waals surface area contributed by atoms with Crippen LogP contribution in [0.1, 0.15) is 43.2 Å². The van der Waals surface area contributed by atoms with Gasteiger partial charge in [0.1, 0.15) is 5.69 Å². The zero-order valence-corrected chi connectivity index (χ0v) is 15.5. The molecule has 0 radical (unpaired) electrons. The highest BCUT2D eigenvalue weighted by atomic mass is 19.4. The van der Waals surface area contributed by atoms with E-state index in [0.29, 0.717) is 29.3 Å². The second kappa shape index (κ2) is 7.96. The number of ether oxygens (including phenoxy) is 1. The van der Waals surface area contributed by atoms with Crippen LogP contribution in [0.15, 0.2) is 24.4 Å². The number of rotatable bonds is 4. The average Bonchev–Trinajstić information content (AvgIpc) is 3.38. The molecule has 1 unspecified atom stereocenters. The number of alkyl halides is 3. The Bertz CT molecular complexity index is 884. The van der Waals surface area contributed by atoms with Crippen molar-refractivity contribution in [3.8, 4) is 23.1 Å². The predicted octanol–water partition coefficient (Wildman–Crippen LogP) is 4.38. The number of nitrogens with zero attached hydrogens (tertiary/aromatic N) is 3. The SMILES string of the molecule is FC(F)(F)Cc1cc(C#CC2CC2)ccc1-c1cn(CC2CCCCO2)nn1. The van der Waals surface area contributed by atoms with Crippen LogP contribution in [0, 0.1) is 17.8 Å². The van der Waals surface area contributed by atoms with Crippen LogP contribution in [0.5, 0.6) is 0 Å². The van der Waals surface area contributed by atoms with Crippen molar-refractivity contribution in [3.05, 3.63) is 35.5 Å². The minimum Gasteiger partial charge on any atom is -0.376 e. The van der Waals surface area contributed by atoms with Gasteiger partial charge in [0.25, 0.3) is 0 Å². The molecule has 2 heterocycles. The molecule has 2 aliphatic rings. The fourth-order valence-electron chi connectivity index (χ4n) is 3.37. The van der Waals surface area contributed by atoms with Gasteiger partial charge < -0.3 is 4.74 Å². The van der Waals surface area contributed by atoms with Crippen molar-refractivity contribution in [2.24, 2.45) is 5.92 Å². The summed E-state index contributed by atoms with van der Waals surface area (Å²) in [6, 6.07) is 4.96. The van der Waals surface area contributed by atoms with E-state index in [9.17, 15) is 13.2 Å². The van der Waals surface area contributed by atoms with Gasteiger partial charge in [0.2, 0.25) is 0 Å². The summed E-state index contributed by atoms with van der Waals surface area (Å²) in [5, 5.41) is 8.20. The Balaban J connectivity index is 1.57. The fraction of sp³-hybridized carbons (Fsp3) is 0.524. The molecular weight excluding hydrogens is 367 g/mol. The number of hydrogen-bond acceptors (Lipinski definition) is 3. The van der Waals surface area contributed by atoms with E-state index >= 15 is 0 Å². The summed E-state index contributed by atoms with van der Waals surface area (Å²) in [5.41, 5.74) is 1.68. The molecule has 2 fully saturated rings. The van der Waals surface area contributed by atoms with Crippen LogP contribution in [0.3, 0.4) is 0 Å². The van der Waals surface area contributed by atoms with Gasteiger partial charge in [0, 0.05) is 23.7 Å². The van der Waals surface area contributed by atoms with Gasteiger partial charge in [-0.25, -0.2) is 4.68 Å². The molecule has 148 valence electrons. The quantitative estimate of drug-likeness (QED) is 0.729. The van der Waals surface area contributed by atoms with Gasteiger partial charge in [-0.05, 0) is 49.8 Å². The van der Waals surface area contributed by atoms with E-state index in [1.807, 2.05) is 0 Å². The summed E-state index contributed by atoms with van der Waals surface area (Å²) in [6.07, 6.45) is 1.76. The van der Waals surface area contributed by atoms with Crippen molar-refractivity contribution in [1.82, 2.24) is 15.0 Å². The summed E-state index contributed by atoms with van der Waals surface area (Å²) >= 11 is 0. The molecule has 0 spiro atoms. The third-order valence-corrected chi connectivity index (χ3v) is 4.97. The fourth-order valence-corrected chi connectivity index (χ4v) is 3.37. The van der Waals surface area contributed by atoms with Gasteiger partial charge >= 0.3 is 6.18 Å². The standard InChI is InChI=1S/C21H22F3N3O/c22-21(23,24)12-17-11-16(7-6-15-4-5-15)8-9-19(17)20-14-27(26-25-20)13-18-3-1-2-10-28-18/h8-9,11,14-15,18H,1-5,10,12-13H2. The second-order valence-electron chi connectivity index (χ2n) is 7.52. The molecule has 0 bridgehead atoms. The first kappa shape index (κ1) is 19.0. The van der Waals surface area contributed by atoms with E-state index in [1.54, 1.807) is 23.0 Å². The van der Waals surface area contributed by atoms with E-state index in [1.165, 1.54) is 6.07 Å². The lowest BCUT2D eigenvalue weighted by Crippen LogP contribution is -2.24. The molecule has 1 atom stereocenters. The summed E-state index contributed by atoms with van der Waals surface area (Å²) in [4.78, 5) is 0. The molecule has 1 aliphatic heterocycles. The highest BCUT2D eigenvalue weighted by Crippen LogP contribution is 2.30. The molecule has 2 aromatic rings. The summed E-state index contributed by atoms with van der Waals surface area (Å²) in [5.74, 6) is 6.49. The van der Waals surface area contributed by atoms with Crippen molar-refractivity contribution >= 4 is 0 Å². The van der Waals surface area contributed by atoms with Crippen LogP contribution in [-0.2, 0) is 17.7 Å². The van der Waals surface area contributed by atoms with Crippen LogP contribution in [-0.4, -0.2) is 33.9 Å². The minimum absolute atomic E-state index is 0.0815. The maximum Gasteiger partial charge on any atom is 0.393 e. The van der Waals surface area contributed by atoms with E-state index in [-0.39, 0.29) is 11.7 Å². The number of hydrogen-bond donors (Lipinski definition) is 0. The molecule has 4 nitrogen and oxygen atoms in total. The van der Waals surface area contributed by atoms with Gasteiger partial charge in [0.15, 0.2) is 0 Å². The highest BCUT2D eigenvalue weighted by Gasteiger charge is 2.29. The molecule has 1 saturated carbocycles. The van der Waals surface area contributed by atoms with Gasteiger partial charge in [-0.3, -0.25) is 0 Å². The van der Waals surface area contributed by atoms with Crippen LogP contribution in [0.25, 0.3) is 11.3 Å². The Hall–Kier alpha value is -2.33. The third kappa shape index (κ3) is 5.14.